The average Bonchev–Trinajstić information content (AvgIpc) is 3.02. The topological polar surface area (TPSA) is 123 Å². The number of rotatable bonds is 5. The lowest BCUT2D eigenvalue weighted by atomic mass is 10.1. The first-order chi connectivity index (χ1) is 12.0. The van der Waals surface area contributed by atoms with E-state index < -0.39 is 10.9 Å². The first-order valence-electron chi connectivity index (χ1n) is 6.85. The van der Waals surface area contributed by atoms with Gasteiger partial charge in [-0.15, -0.1) is 0 Å². The molecular formula is C15H10ClN3O6. The molecule has 0 bridgehead atoms. The van der Waals surface area contributed by atoms with Crippen LogP contribution in [0.5, 0.6) is 11.5 Å². The number of ether oxygens (including phenoxy) is 2. The fraction of sp³-hybridized carbons (Fsp3) is 0.0667. The molecule has 0 aliphatic carbocycles. The molecule has 2 aromatic rings. The van der Waals surface area contributed by atoms with Crippen LogP contribution in [0.15, 0.2) is 35.4 Å². The van der Waals surface area contributed by atoms with Crippen molar-refractivity contribution in [1.82, 2.24) is 0 Å². The smallest absolute Gasteiger partial charge is 0.337 e. The molecule has 0 aromatic heterocycles. The number of nitrogens with one attached hydrogen (secondary N) is 1. The van der Waals surface area contributed by atoms with Crippen LogP contribution < -0.4 is 14.9 Å². The Hall–Kier alpha value is -3.33. The number of anilines is 1. The first-order valence-corrected chi connectivity index (χ1v) is 7.23. The summed E-state index contributed by atoms with van der Waals surface area (Å²) in [7, 11) is 0. The molecule has 0 unspecified atom stereocenters. The van der Waals surface area contributed by atoms with Gasteiger partial charge in [-0.3, -0.25) is 15.5 Å². The highest BCUT2D eigenvalue weighted by Crippen LogP contribution is 2.37. The van der Waals surface area contributed by atoms with E-state index in [-0.39, 0.29) is 28.6 Å². The van der Waals surface area contributed by atoms with Crippen molar-refractivity contribution < 1.29 is 24.3 Å². The van der Waals surface area contributed by atoms with E-state index in [0.29, 0.717) is 17.2 Å². The zero-order valence-electron chi connectivity index (χ0n) is 12.4. The Labute approximate surface area is 145 Å². The summed E-state index contributed by atoms with van der Waals surface area (Å²) < 4.78 is 10.3. The Morgan fingerprint density at radius 2 is 2.04 bits per heavy atom. The minimum Gasteiger partial charge on any atom is -0.478 e. The summed E-state index contributed by atoms with van der Waals surface area (Å²) in [5.41, 5.74) is 2.88. The number of hydrazone groups is 1. The van der Waals surface area contributed by atoms with Gasteiger partial charge in [-0.2, -0.15) is 5.10 Å². The van der Waals surface area contributed by atoms with Crippen LogP contribution in [-0.4, -0.2) is 29.0 Å². The molecule has 10 heteroatoms. The highest BCUT2D eigenvalue weighted by molar-refractivity contribution is 6.33. The third-order valence-corrected chi connectivity index (χ3v) is 3.64. The molecule has 0 radical (unpaired) electrons. The van der Waals surface area contributed by atoms with E-state index in [1.54, 1.807) is 0 Å². The zero-order valence-corrected chi connectivity index (χ0v) is 13.2. The molecule has 3 rings (SSSR count). The van der Waals surface area contributed by atoms with E-state index in [4.69, 9.17) is 26.2 Å². The van der Waals surface area contributed by atoms with Crippen LogP contribution in [0.4, 0.5) is 11.4 Å². The van der Waals surface area contributed by atoms with E-state index >= 15 is 0 Å². The molecule has 0 saturated heterocycles. The predicted molar refractivity (Wildman–Crippen MR) is 88.8 cm³/mol. The Morgan fingerprint density at radius 1 is 1.32 bits per heavy atom. The van der Waals surface area contributed by atoms with Gasteiger partial charge in [-0.25, -0.2) is 4.79 Å². The summed E-state index contributed by atoms with van der Waals surface area (Å²) in [6.45, 7) is -0.00588. The van der Waals surface area contributed by atoms with E-state index in [2.05, 4.69) is 10.5 Å². The molecule has 25 heavy (non-hydrogen) atoms. The molecule has 0 atom stereocenters. The minimum atomic E-state index is -1.18. The highest BCUT2D eigenvalue weighted by Gasteiger charge is 2.22. The van der Waals surface area contributed by atoms with Crippen molar-refractivity contribution in [2.45, 2.75) is 0 Å². The summed E-state index contributed by atoms with van der Waals surface area (Å²) >= 11 is 5.78. The molecule has 1 aliphatic rings. The van der Waals surface area contributed by atoms with Crippen molar-refractivity contribution in [2.24, 2.45) is 5.10 Å². The van der Waals surface area contributed by atoms with Gasteiger partial charge in [0.2, 0.25) is 6.79 Å². The Balaban J connectivity index is 1.84. The average molecular weight is 364 g/mol. The Morgan fingerprint density at radius 3 is 2.72 bits per heavy atom. The lowest BCUT2D eigenvalue weighted by Crippen LogP contribution is -2.00. The van der Waals surface area contributed by atoms with Gasteiger partial charge < -0.3 is 14.6 Å². The Bertz CT molecular complexity index is 899. The molecule has 128 valence electrons. The SMILES string of the molecule is O=C(O)c1cc(NN=Cc2cc3c(cc2[N+](=O)[O-])OCO3)ccc1Cl. The third-order valence-electron chi connectivity index (χ3n) is 3.31. The number of hydrogen-bond donors (Lipinski definition) is 2. The van der Waals surface area contributed by atoms with Crippen molar-refractivity contribution in [2.75, 3.05) is 12.2 Å². The van der Waals surface area contributed by atoms with E-state index in [0.717, 1.165) is 0 Å². The summed E-state index contributed by atoms with van der Waals surface area (Å²) in [6.07, 6.45) is 1.23. The van der Waals surface area contributed by atoms with Gasteiger partial charge in [0, 0.05) is 0 Å². The number of fused-ring (bicyclic) bond motifs is 1. The largest absolute Gasteiger partial charge is 0.478 e. The molecule has 0 amide bonds. The molecule has 1 aliphatic heterocycles. The monoisotopic (exact) mass is 363 g/mol. The molecule has 2 N–H and O–H groups in total. The van der Waals surface area contributed by atoms with Crippen molar-refractivity contribution in [3.8, 4) is 11.5 Å². The van der Waals surface area contributed by atoms with Gasteiger partial charge in [0.15, 0.2) is 11.5 Å². The third kappa shape index (κ3) is 3.45. The maximum atomic E-state index is 11.2. The maximum absolute atomic E-state index is 11.2. The molecule has 0 spiro atoms. The van der Waals surface area contributed by atoms with Crippen molar-refractivity contribution in [3.05, 3.63) is 56.6 Å². The van der Waals surface area contributed by atoms with Gasteiger partial charge in [0.05, 0.1) is 39.0 Å². The van der Waals surface area contributed by atoms with Crippen LogP contribution >= 0.6 is 11.6 Å². The maximum Gasteiger partial charge on any atom is 0.337 e. The van der Waals surface area contributed by atoms with Gasteiger partial charge in [0.1, 0.15) is 0 Å². The van der Waals surface area contributed by atoms with Crippen LogP contribution in [0.1, 0.15) is 15.9 Å². The number of nitro benzene ring substituents is 1. The van der Waals surface area contributed by atoms with Gasteiger partial charge in [0.25, 0.3) is 5.69 Å². The fourth-order valence-electron chi connectivity index (χ4n) is 2.14. The molecule has 0 fully saturated rings. The van der Waals surface area contributed by atoms with Gasteiger partial charge in [-0.05, 0) is 24.3 Å². The van der Waals surface area contributed by atoms with Crippen molar-refractivity contribution >= 4 is 35.2 Å². The molecule has 1 heterocycles. The first kappa shape index (κ1) is 16.5. The van der Waals surface area contributed by atoms with Crippen LogP contribution in [0.3, 0.4) is 0 Å². The van der Waals surface area contributed by atoms with Gasteiger partial charge in [-0.1, -0.05) is 11.6 Å². The van der Waals surface area contributed by atoms with Crippen LogP contribution in [-0.2, 0) is 0 Å². The van der Waals surface area contributed by atoms with E-state index in [1.165, 1.54) is 36.5 Å². The normalized spacial score (nSPS) is 12.4. The number of nitrogens with zero attached hydrogens (tertiary/aromatic N) is 2. The number of nitro groups is 1. The van der Waals surface area contributed by atoms with Crippen LogP contribution in [0.2, 0.25) is 5.02 Å². The lowest BCUT2D eigenvalue weighted by Gasteiger charge is -2.04. The number of carboxylic acids is 1. The summed E-state index contributed by atoms with van der Waals surface area (Å²) in [5, 5.41) is 24.2. The zero-order chi connectivity index (χ0) is 18.0. The predicted octanol–water partition coefficient (Wildman–Crippen LogP) is 3.12. The number of carboxylic acid groups (broad SMARTS) is 1. The highest BCUT2D eigenvalue weighted by atomic mass is 35.5. The number of halogens is 1. The standard InChI is InChI=1S/C15H10ClN3O6/c16-11-2-1-9(4-10(11)15(20)21)18-17-6-8-3-13-14(25-7-24-13)5-12(8)19(22)23/h1-6,18H,7H2,(H,20,21). The fourth-order valence-corrected chi connectivity index (χ4v) is 2.34. The van der Waals surface area contributed by atoms with Crippen molar-refractivity contribution in [1.29, 1.82) is 0 Å². The van der Waals surface area contributed by atoms with Gasteiger partial charge >= 0.3 is 5.97 Å². The van der Waals surface area contributed by atoms with Crippen LogP contribution in [0, 0.1) is 10.1 Å². The van der Waals surface area contributed by atoms with E-state index in [9.17, 15) is 14.9 Å². The number of carbonyl (C=O) groups is 1. The van der Waals surface area contributed by atoms with Crippen molar-refractivity contribution in [3.63, 3.8) is 0 Å². The second-order valence-corrected chi connectivity index (χ2v) is 5.30. The number of aromatic carboxylic acids is 1. The van der Waals surface area contributed by atoms with Crippen LogP contribution in [0.25, 0.3) is 0 Å². The molecular weight excluding hydrogens is 354 g/mol. The number of benzene rings is 2. The number of hydrogen-bond acceptors (Lipinski definition) is 7. The molecule has 2 aromatic carbocycles. The molecule has 0 saturated carbocycles. The summed E-state index contributed by atoms with van der Waals surface area (Å²) in [5.74, 6) is -0.503. The second kappa shape index (κ2) is 6.65. The minimum absolute atomic E-state index is 0.00588. The second-order valence-electron chi connectivity index (χ2n) is 4.89. The van der Waals surface area contributed by atoms with E-state index in [1.807, 2.05) is 0 Å². The quantitative estimate of drug-likeness (QED) is 0.475. The Kier molecular flexibility index (Phi) is 4.40. The lowest BCUT2D eigenvalue weighted by molar-refractivity contribution is -0.385. The molecule has 9 nitrogen and oxygen atoms in total. The summed E-state index contributed by atoms with van der Waals surface area (Å²) in [6, 6.07) is 6.94. The summed E-state index contributed by atoms with van der Waals surface area (Å²) in [4.78, 5) is 21.6.